The molecule has 9 heteroatoms. The number of ether oxygens (including phenoxy) is 2. The summed E-state index contributed by atoms with van der Waals surface area (Å²) >= 11 is 0. The Hall–Kier alpha value is -2.20. The van der Waals surface area contributed by atoms with E-state index in [-0.39, 0.29) is 36.5 Å². The summed E-state index contributed by atoms with van der Waals surface area (Å²) in [5, 5.41) is 13.0. The van der Waals surface area contributed by atoms with Crippen LogP contribution in [0.3, 0.4) is 0 Å². The topological polar surface area (TPSA) is 94.6 Å². The highest BCUT2D eigenvalue weighted by Gasteiger charge is 2.30. The number of likely N-dealkylation sites (N-methyl/N-ethyl adjacent to an activating group) is 1. The minimum absolute atomic E-state index is 0.0427. The molecule has 0 aromatic heterocycles. The van der Waals surface area contributed by atoms with Gasteiger partial charge in [0.1, 0.15) is 5.75 Å². The van der Waals surface area contributed by atoms with Crippen LogP contribution in [0.25, 0.3) is 0 Å². The van der Waals surface area contributed by atoms with Crippen LogP contribution in [0, 0.1) is 5.92 Å². The predicted molar refractivity (Wildman–Crippen MR) is 152 cm³/mol. The van der Waals surface area contributed by atoms with E-state index < -0.39 is 6.04 Å². The third-order valence-corrected chi connectivity index (χ3v) is 6.89. The van der Waals surface area contributed by atoms with E-state index in [0.29, 0.717) is 36.6 Å². The van der Waals surface area contributed by atoms with Crippen LogP contribution < -0.4 is 10.1 Å². The summed E-state index contributed by atoms with van der Waals surface area (Å²) < 4.78 is 12.5. The zero-order valence-electron chi connectivity index (χ0n) is 24.5. The lowest BCUT2D eigenvalue weighted by Gasteiger charge is -2.35. The molecule has 0 unspecified atom stereocenters. The summed E-state index contributed by atoms with van der Waals surface area (Å²) in [5.41, 5.74) is 0.945. The van der Waals surface area contributed by atoms with E-state index in [9.17, 15) is 14.7 Å². The molecule has 0 saturated heterocycles. The number of fused-ring (bicyclic) bond motifs is 1. The highest BCUT2D eigenvalue weighted by Crippen LogP contribution is 2.28. The van der Waals surface area contributed by atoms with Gasteiger partial charge >= 0.3 is 0 Å². The fraction of sp³-hybridized carbons (Fsp3) is 0.724. The minimum Gasteiger partial charge on any atom is -0.490 e. The van der Waals surface area contributed by atoms with Crippen molar-refractivity contribution in [3.63, 3.8) is 0 Å². The standard InChI is InChI=1S/C29H50N4O5/c1-21-18-33(22(2)20-34)29(36)25-17-24(30-28(35)12-10-15-31(4)5)13-14-26(25)38-23(3)11-8-9-16-37-27(21)19-32(6)7/h13-14,17,21-23,27,34H,8-12,15-16,18-20H2,1-7H3,(H,30,35)/t21-,22-,23-,27-/m1/s1. The zero-order chi connectivity index (χ0) is 28.2. The Morgan fingerprint density at radius 3 is 2.58 bits per heavy atom. The Bertz CT molecular complexity index is 879. The number of hydrogen-bond acceptors (Lipinski definition) is 7. The monoisotopic (exact) mass is 534 g/mol. The first-order valence-electron chi connectivity index (χ1n) is 13.9. The fourth-order valence-electron chi connectivity index (χ4n) is 4.60. The second-order valence-corrected chi connectivity index (χ2v) is 11.2. The second-order valence-electron chi connectivity index (χ2n) is 11.2. The van der Waals surface area contributed by atoms with Gasteiger partial charge in [-0.15, -0.1) is 0 Å². The number of aliphatic hydroxyl groups is 1. The second kappa shape index (κ2) is 16.0. The number of rotatable bonds is 9. The Morgan fingerprint density at radius 1 is 1.18 bits per heavy atom. The third kappa shape index (κ3) is 10.5. The number of amides is 2. The quantitative estimate of drug-likeness (QED) is 0.502. The molecule has 0 aliphatic carbocycles. The predicted octanol–water partition coefficient (Wildman–Crippen LogP) is 3.32. The van der Waals surface area contributed by atoms with Crippen LogP contribution in [0.2, 0.25) is 0 Å². The Kier molecular flexibility index (Phi) is 13.5. The van der Waals surface area contributed by atoms with Gasteiger partial charge in [0.05, 0.1) is 30.4 Å². The maximum atomic E-state index is 14.0. The summed E-state index contributed by atoms with van der Waals surface area (Å²) in [6, 6.07) is 4.87. The normalized spacial score (nSPS) is 22.5. The average Bonchev–Trinajstić information content (AvgIpc) is 2.85. The number of nitrogens with zero attached hydrogens (tertiary/aromatic N) is 3. The number of carbonyl (C=O) groups excluding carboxylic acids is 2. The van der Waals surface area contributed by atoms with Crippen molar-refractivity contribution >= 4 is 17.5 Å². The van der Waals surface area contributed by atoms with Crippen LogP contribution in [-0.2, 0) is 9.53 Å². The molecule has 38 heavy (non-hydrogen) atoms. The van der Waals surface area contributed by atoms with Crippen molar-refractivity contribution in [1.29, 1.82) is 0 Å². The molecule has 216 valence electrons. The highest BCUT2D eigenvalue weighted by atomic mass is 16.5. The number of nitrogens with one attached hydrogen (secondary N) is 1. The molecule has 2 N–H and O–H groups in total. The molecule has 1 aliphatic rings. The number of anilines is 1. The fourth-order valence-corrected chi connectivity index (χ4v) is 4.60. The number of benzene rings is 1. The van der Waals surface area contributed by atoms with Gasteiger partial charge in [-0.25, -0.2) is 0 Å². The Labute approximate surface area is 229 Å². The lowest BCUT2D eigenvalue weighted by molar-refractivity contribution is -0.116. The van der Waals surface area contributed by atoms with E-state index in [2.05, 4.69) is 17.1 Å². The first-order valence-corrected chi connectivity index (χ1v) is 13.9. The van der Waals surface area contributed by atoms with Gasteiger partial charge in [-0.05, 0) is 92.5 Å². The molecule has 9 nitrogen and oxygen atoms in total. The van der Waals surface area contributed by atoms with Crippen molar-refractivity contribution in [3.8, 4) is 5.75 Å². The van der Waals surface area contributed by atoms with Crippen molar-refractivity contribution in [2.24, 2.45) is 5.92 Å². The molecule has 0 fully saturated rings. The molecule has 1 heterocycles. The Morgan fingerprint density at radius 2 is 1.92 bits per heavy atom. The third-order valence-electron chi connectivity index (χ3n) is 6.89. The summed E-state index contributed by atoms with van der Waals surface area (Å²) in [4.78, 5) is 32.4. The van der Waals surface area contributed by atoms with Gasteiger partial charge in [-0.1, -0.05) is 6.92 Å². The van der Waals surface area contributed by atoms with E-state index in [1.54, 1.807) is 23.1 Å². The van der Waals surface area contributed by atoms with Gasteiger partial charge in [-0.3, -0.25) is 9.59 Å². The number of hydrogen-bond donors (Lipinski definition) is 2. The van der Waals surface area contributed by atoms with Crippen molar-refractivity contribution in [2.45, 2.75) is 71.1 Å². The van der Waals surface area contributed by atoms with Gasteiger partial charge in [0.25, 0.3) is 5.91 Å². The summed E-state index contributed by atoms with van der Waals surface area (Å²) in [5.74, 6) is 0.215. The molecule has 2 amide bonds. The lowest BCUT2D eigenvalue weighted by Crippen LogP contribution is -2.47. The first-order chi connectivity index (χ1) is 18.0. The summed E-state index contributed by atoms with van der Waals surface area (Å²) in [7, 11) is 8.00. The lowest BCUT2D eigenvalue weighted by atomic mass is 10.0. The molecular formula is C29H50N4O5. The van der Waals surface area contributed by atoms with Crippen molar-refractivity contribution in [3.05, 3.63) is 23.8 Å². The van der Waals surface area contributed by atoms with Gasteiger partial charge in [0, 0.05) is 37.7 Å². The van der Waals surface area contributed by atoms with Crippen molar-refractivity contribution in [1.82, 2.24) is 14.7 Å². The molecule has 0 bridgehead atoms. The van der Waals surface area contributed by atoms with E-state index in [1.165, 1.54) is 0 Å². The smallest absolute Gasteiger partial charge is 0.258 e. The molecule has 0 radical (unpaired) electrons. The van der Waals surface area contributed by atoms with Crippen LogP contribution in [0.1, 0.15) is 63.2 Å². The highest BCUT2D eigenvalue weighted by molar-refractivity contribution is 5.99. The molecule has 1 aromatic carbocycles. The zero-order valence-corrected chi connectivity index (χ0v) is 24.5. The molecule has 0 spiro atoms. The van der Waals surface area contributed by atoms with Gasteiger partial charge in [0.15, 0.2) is 0 Å². The van der Waals surface area contributed by atoms with E-state index in [0.717, 1.165) is 38.8 Å². The summed E-state index contributed by atoms with van der Waals surface area (Å²) in [6.07, 6.45) is 3.75. The molecule has 1 aliphatic heterocycles. The van der Waals surface area contributed by atoms with Gasteiger partial charge in [-0.2, -0.15) is 0 Å². The number of aliphatic hydroxyl groups excluding tert-OH is 1. The molecule has 0 saturated carbocycles. The Balaban J connectivity index is 2.40. The average molecular weight is 535 g/mol. The van der Waals surface area contributed by atoms with Crippen molar-refractivity contribution in [2.75, 3.05) is 66.4 Å². The minimum atomic E-state index is -0.396. The van der Waals surface area contributed by atoms with Crippen LogP contribution in [0.5, 0.6) is 5.75 Å². The van der Waals surface area contributed by atoms with Gasteiger partial charge < -0.3 is 34.6 Å². The van der Waals surface area contributed by atoms with Crippen LogP contribution in [-0.4, -0.2) is 111 Å². The molecule has 1 aromatic rings. The number of carbonyl (C=O) groups is 2. The maximum absolute atomic E-state index is 14.0. The molecule has 2 rings (SSSR count). The largest absolute Gasteiger partial charge is 0.490 e. The van der Waals surface area contributed by atoms with E-state index in [1.807, 2.05) is 46.9 Å². The van der Waals surface area contributed by atoms with E-state index >= 15 is 0 Å². The first kappa shape index (κ1) is 32.0. The summed E-state index contributed by atoms with van der Waals surface area (Å²) in [6.45, 7) is 8.44. The van der Waals surface area contributed by atoms with Crippen molar-refractivity contribution < 1.29 is 24.2 Å². The SMILES string of the molecule is C[C@@H]1CCCCO[C@H](CN(C)C)[C@H](C)CN([C@H](C)CO)C(=O)c2cc(NC(=O)CCCN(C)C)ccc2O1. The van der Waals surface area contributed by atoms with Gasteiger partial charge in [0.2, 0.25) is 5.91 Å². The maximum Gasteiger partial charge on any atom is 0.258 e. The van der Waals surface area contributed by atoms with E-state index in [4.69, 9.17) is 9.47 Å². The molecule has 4 atom stereocenters. The van der Waals surface area contributed by atoms with Crippen LogP contribution in [0.4, 0.5) is 5.69 Å². The van der Waals surface area contributed by atoms with Crippen LogP contribution >= 0.6 is 0 Å². The molecular weight excluding hydrogens is 484 g/mol. The van der Waals surface area contributed by atoms with Crippen LogP contribution in [0.15, 0.2) is 18.2 Å².